The summed E-state index contributed by atoms with van der Waals surface area (Å²) in [4.78, 5) is 4.51. The van der Waals surface area contributed by atoms with E-state index in [9.17, 15) is 8.42 Å². The normalized spacial score (nSPS) is 16.3. The Labute approximate surface area is 106 Å². The smallest absolute Gasteiger partial charge is 0.209 e. The van der Waals surface area contributed by atoms with Crippen LogP contribution in [-0.2, 0) is 16.6 Å². The number of fused-ring (bicyclic) bond motifs is 1. The van der Waals surface area contributed by atoms with Gasteiger partial charge in [0, 0.05) is 6.04 Å². The Balaban J connectivity index is 2.02. The van der Waals surface area contributed by atoms with Crippen molar-refractivity contribution in [3.05, 3.63) is 30.1 Å². The highest BCUT2D eigenvalue weighted by Crippen LogP contribution is 2.38. The molecule has 1 aliphatic carbocycles. The lowest BCUT2D eigenvalue weighted by atomic mass is 10.3. The molecule has 0 spiro atoms. The molecule has 1 fully saturated rings. The summed E-state index contributed by atoms with van der Waals surface area (Å²) in [6, 6.07) is 8.40. The van der Waals surface area contributed by atoms with Gasteiger partial charge in [0.2, 0.25) is 10.0 Å². The minimum atomic E-state index is -3.19. The zero-order valence-corrected chi connectivity index (χ0v) is 10.9. The van der Waals surface area contributed by atoms with Crippen LogP contribution in [0.5, 0.6) is 0 Å². The van der Waals surface area contributed by atoms with Gasteiger partial charge in [-0.25, -0.2) is 18.1 Å². The zero-order chi connectivity index (χ0) is 12.8. The molecule has 0 aliphatic heterocycles. The van der Waals surface area contributed by atoms with Crippen LogP contribution in [0.2, 0.25) is 0 Å². The van der Waals surface area contributed by atoms with E-state index < -0.39 is 10.0 Å². The van der Waals surface area contributed by atoms with Gasteiger partial charge in [0.1, 0.15) is 5.82 Å². The summed E-state index contributed by atoms with van der Waals surface area (Å²) in [7, 11) is -3.19. The first-order valence-electron chi connectivity index (χ1n) is 5.95. The molecule has 0 bridgehead atoms. The lowest BCUT2D eigenvalue weighted by Gasteiger charge is -2.07. The van der Waals surface area contributed by atoms with E-state index >= 15 is 0 Å². The number of hydrogen-bond acceptors (Lipinski definition) is 3. The van der Waals surface area contributed by atoms with Crippen LogP contribution in [0.1, 0.15) is 24.7 Å². The predicted octanol–water partition coefficient (Wildman–Crippen LogP) is 1.42. The quantitative estimate of drug-likeness (QED) is 0.909. The Morgan fingerprint density at radius 3 is 2.78 bits per heavy atom. The predicted molar refractivity (Wildman–Crippen MR) is 69.7 cm³/mol. The van der Waals surface area contributed by atoms with E-state index in [-0.39, 0.29) is 6.54 Å². The van der Waals surface area contributed by atoms with E-state index in [0.717, 1.165) is 36.0 Å². The van der Waals surface area contributed by atoms with E-state index in [4.69, 9.17) is 0 Å². The second-order valence-corrected chi connectivity index (χ2v) is 6.54. The number of para-hydroxylation sites is 2. The van der Waals surface area contributed by atoms with Crippen LogP contribution in [0.15, 0.2) is 24.3 Å². The standard InChI is InChI=1S/C12H15N3O2S/c1-18(16,17)13-8-12-14-10-4-2-3-5-11(10)15(12)9-6-7-9/h2-5,9,13H,6-8H2,1H3. The molecule has 5 nitrogen and oxygen atoms in total. The van der Waals surface area contributed by atoms with E-state index in [0.29, 0.717) is 6.04 Å². The number of rotatable bonds is 4. The molecule has 0 amide bonds. The lowest BCUT2D eigenvalue weighted by molar-refractivity contribution is 0.581. The van der Waals surface area contributed by atoms with Crippen LogP contribution >= 0.6 is 0 Å². The maximum absolute atomic E-state index is 11.2. The summed E-state index contributed by atoms with van der Waals surface area (Å²) in [6.45, 7) is 0.254. The molecule has 0 saturated heterocycles. The molecule has 0 atom stereocenters. The molecule has 2 aromatic rings. The molecule has 1 N–H and O–H groups in total. The van der Waals surface area contributed by atoms with E-state index in [2.05, 4.69) is 14.3 Å². The minimum Gasteiger partial charge on any atom is -0.324 e. The summed E-state index contributed by atoms with van der Waals surface area (Å²) < 4.78 is 27.0. The molecular formula is C12H15N3O2S. The van der Waals surface area contributed by atoms with Gasteiger partial charge in [0.05, 0.1) is 23.8 Å². The summed E-state index contributed by atoms with van der Waals surface area (Å²) in [5.41, 5.74) is 2.01. The van der Waals surface area contributed by atoms with Crippen LogP contribution in [0, 0.1) is 0 Å². The van der Waals surface area contributed by atoms with Crippen molar-refractivity contribution < 1.29 is 8.42 Å². The second kappa shape index (κ2) is 4.07. The van der Waals surface area contributed by atoms with Crippen LogP contribution in [0.3, 0.4) is 0 Å². The second-order valence-electron chi connectivity index (χ2n) is 4.71. The molecule has 1 aliphatic rings. The third-order valence-corrected chi connectivity index (χ3v) is 3.74. The fourth-order valence-corrected chi connectivity index (χ4v) is 2.55. The molecule has 1 saturated carbocycles. The summed E-state index contributed by atoms with van der Waals surface area (Å²) in [5, 5.41) is 0. The molecule has 1 aromatic heterocycles. The monoisotopic (exact) mass is 265 g/mol. The first-order valence-corrected chi connectivity index (χ1v) is 7.84. The van der Waals surface area contributed by atoms with Gasteiger partial charge in [0.15, 0.2) is 0 Å². The first kappa shape index (κ1) is 11.7. The van der Waals surface area contributed by atoms with Crippen LogP contribution in [-0.4, -0.2) is 24.2 Å². The number of hydrogen-bond donors (Lipinski definition) is 1. The first-order chi connectivity index (χ1) is 8.54. The van der Waals surface area contributed by atoms with E-state index in [1.807, 2.05) is 24.3 Å². The van der Waals surface area contributed by atoms with Gasteiger partial charge in [-0.15, -0.1) is 0 Å². The molecule has 96 valence electrons. The average molecular weight is 265 g/mol. The van der Waals surface area contributed by atoms with Gasteiger partial charge >= 0.3 is 0 Å². The van der Waals surface area contributed by atoms with Crippen LogP contribution in [0.25, 0.3) is 11.0 Å². The van der Waals surface area contributed by atoms with Gasteiger partial charge in [-0.2, -0.15) is 0 Å². The highest BCUT2D eigenvalue weighted by molar-refractivity contribution is 7.88. The maximum Gasteiger partial charge on any atom is 0.209 e. The van der Waals surface area contributed by atoms with Crippen molar-refractivity contribution in [3.8, 4) is 0 Å². The Morgan fingerprint density at radius 1 is 1.39 bits per heavy atom. The van der Waals surface area contributed by atoms with Crippen molar-refractivity contribution in [3.63, 3.8) is 0 Å². The molecule has 6 heteroatoms. The number of nitrogens with zero attached hydrogens (tertiary/aromatic N) is 2. The van der Waals surface area contributed by atoms with E-state index in [1.165, 1.54) is 0 Å². The summed E-state index contributed by atoms with van der Waals surface area (Å²) in [5.74, 6) is 0.795. The van der Waals surface area contributed by atoms with Crippen LogP contribution < -0.4 is 4.72 Å². The molecule has 0 radical (unpaired) electrons. The van der Waals surface area contributed by atoms with Gasteiger partial charge in [-0.3, -0.25) is 0 Å². The topological polar surface area (TPSA) is 64.0 Å². The highest BCUT2D eigenvalue weighted by atomic mass is 32.2. The average Bonchev–Trinajstić information content (AvgIpc) is 3.06. The third kappa shape index (κ3) is 2.26. The van der Waals surface area contributed by atoms with Crippen molar-refractivity contribution in [2.45, 2.75) is 25.4 Å². The molecule has 0 unspecified atom stereocenters. The van der Waals surface area contributed by atoms with Gasteiger partial charge in [-0.1, -0.05) is 12.1 Å². The third-order valence-electron chi connectivity index (χ3n) is 3.07. The largest absolute Gasteiger partial charge is 0.324 e. The van der Waals surface area contributed by atoms with Crippen molar-refractivity contribution in [1.82, 2.24) is 14.3 Å². The Hall–Kier alpha value is -1.40. The maximum atomic E-state index is 11.2. The SMILES string of the molecule is CS(=O)(=O)NCc1nc2ccccc2n1C1CC1. The van der Waals surface area contributed by atoms with Gasteiger partial charge < -0.3 is 4.57 Å². The van der Waals surface area contributed by atoms with Crippen LogP contribution in [0.4, 0.5) is 0 Å². The molecule has 1 heterocycles. The van der Waals surface area contributed by atoms with Crippen molar-refractivity contribution in [2.24, 2.45) is 0 Å². The van der Waals surface area contributed by atoms with Crippen molar-refractivity contribution >= 4 is 21.1 Å². The molecule has 18 heavy (non-hydrogen) atoms. The van der Waals surface area contributed by atoms with Gasteiger partial charge in [0.25, 0.3) is 0 Å². The highest BCUT2D eigenvalue weighted by Gasteiger charge is 2.28. The minimum absolute atomic E-state index is 0.254. The Kier molecular flexibility index (Phi) is 2.64. The zero-order valence-electron chi connectivity index (χ0n) is 10.1. The van der Waals surface area contributed by atoms with Crippen molar-refractivity contribution in [2.75, 3.05) is 6.26 Å². The van der Waals surface area contributed by atoms with Crippen molar-refractivity contribution in [1.29, 1.82) is 0 Å². The number of sulfonamides is 1. The number of imidazole rings is 1. The number of benzene rings is 1. The molecular weight excluding hydrogens is 250 g/mol. The summed E-state index contributed by atoms with van der Waals surface area (Å²) >= 11 is 0. The fraction of sp³-hybridized carbons (Fsp3) is 0.417. The molecule has 1 aromatic carbocycles. The number of aromatic nitrogens is 2. The fourth-order valence-electron chi connectivity index (χ4n) is 2.15. The van der Waals surface area contributed by atoms with Gasteiger partial charge in [-0.05, 0) is 25.0 Å². The lowest BCUT2D eigenvalue weighted by Crippen LogP contribution is -2.23. The van der Waals surface area contributed by atoms with E-state index in [1.54, 1.807) is 0 Å². The Morgan fingerprint density at radius 2 is 2.11 bits per heavy atom. The number of nitrogens with one attached hydrogen (secondary N) is 1. The summed E-state index contributed by atoms with van der Waals surface area (Å²) in [6.07, 6.45) is 3.45. The molecule has 3 rings (SSSR count). The Bertz CT molecular complexity index is 686.